The second-order valence-corrected chi connectivity index (χ2v) is 4.95. The van der Waals surface area contributed by atoms with E-state index in [1.165, 1.54) is 0 Å². The van der Waals surface area contributed by atoms with Crippen LogP contribution in [0.2, 0.25) is 10.0 Å². The first-order chi connectivity index (χ1) is 8.18. The second-order valence-electron chi connectivity index (χ2n) is 3.64. The molecule has 1 unspecified atom stereocenters. The predicted octanol–water partition coefficient (Wildman–Crippen LogP) is 4.91. The maximum Gasteiger partial charge on any atom is 0.0655 e. The van der Waals surface area contributed by atoms with Crippen molar-refractivity contribution < 1.29 is 0 Å². The Hall–Kier alpha value is -0.760. The Labute approximate surface area is 115 Å². The monoisotopic (exact) mass is 285 g/mol. The summed E-state index contributed by atoms with van der Waals surface area (Å²) in [6.07, 6.45) is 2.38. The summed E-state index contributed by atoms with van der Waals surface area (Å²) in [4.78, 5) is 4.24. The molecule has 0 aliphatic rings. The second kappa shape index (κ2) is 5.72. The molecule has 1 aromatic heterocycles. The molecule has 1 heterocycles. The molecular weight excluding hydrogens is 277 g/mol. The van der Waals surface area contributed by atoms with E-state index in [0.29, 0.717) is 16.5 Å². The minimum Gasteiger partial charge on any atom is -0.261 e. The Kier molecular flexibility index (Phi) is 4.27. The molecule has 0 aliphatic heterocycles. The average molecular weight is 287 g/mol. The lowest BCUT2D eigenvalue weighted by atomic mass is 10.1. The van der Waals surface area contributed by atoms with Gasteiger partial charge in [0.05, 0.1) is 15.4 Å². The highest BCUT2D eigenvalue weighted by molar-refractivity contribution is 6.43. The summed E-state index contributed by atoms with van der Waals surface area (Å²) in [5.74, 6) is 0. The van der Waals surface area contributed by atoms with Crippen LogP contribution < -0.4 is 0 Å². The summed E-state index contributed by atoms with van der Waals surface area (Å²) in [7, 11) is 0. The van der Waals surface area contributed by atoms with E-state index in [-0.39, 0.29) is 5.38 Å². The van der Waals surface area contributed by atoms with E-state index < -0.39 is 0 Å². The van der Waals surface area contributed by atoms with E-state index in [1.807, 2.05) is 30.3 Å². The third-order valence-corrected chi connectivity index (χ3v) is 3.66. The van der Waals surface area contributed by atoms with Crippen molar-refractivity contribution in [2.24, 2.45) is 0 Å². The molecule has 0 N–H and O–H groups in total. The van der Waals surface area contributed by atoms with Gasteiger partial charge in [0.15, 0.2) is 0 Å². The lowest BCUT2D eigenvalue weighted by molar-refractivity contribution is 0.881. The molecule has 0 spiro atoms. The molecule has 1 aromatic carbocycles. The standard InChI is InChI=1S/C13H10Cl3N/c14-11-6-3-5-10(13(11)16)12(15)8-9-4-1-2-7-17-9/h1-7,12H,8H2. The van der Waals surface area contributed by atoms with E-state index >= 15 is 0 Å². The molecule has 88 valence electrons. The van der Waals surface area contributed by atoms with E-state index in [1.54, 1.807) is 12.3 Å². The zero-order chi connectivity index (χ0) is 12.3. The highest BCUT2D eigenvalue weighted by Gasteiger charge is 2.14. The third kappa shape index (κ3) is 3.12. The first-order valence-corrected chi connectivity index (χ1v) is 6.35. The maximum atomic E-state index is 6.33. The Morgan fingerprint density at radius 1 is 1.06 bits per heavy atom. The van der Waals surface area contributed by atoms with Crippen molar-refractivity contribution in [2.45, 2.75) is 11.8 Å². The predicted molar refractivity (Wildman–Crippen MR) is 73.0 cm³/mol. The molecule has 0 saturated carbocycles. The van der Waals surface area contributed by atoms with E-state index in [4.69, 9.17) is 34.8 Å². The van der Waals surface area contributed by atoms with E-state index in [2.05, 4.69) is 4.98 Å². The van der Waals surface area contributed by atoms with Crippen molar-refractivity contribution in [3.8, 4) is 0 Å². The van der Waals surface area contributed by atoms with Gasteiger partial charge in [-0.3, -0.25) is 4.98 Å². The topological polar surface area (TPSA) is 12.9 Å². The van der Waals surface area contributed by atoms with Crippen molar-refractivity contribution in [1.29, 1.82) is 0 Å². The van der Waals surface area contributed by atoms with Crippen molar-refractivity contribution in [3.63, 3.8) is 0 Å². The Balaban J connectivity index is 2.20. The fourth-order valence-electron chi connectivity index (χ4n) is 1.57. The van der Waals surface area contributed by atoms with Crippen LogP contribution in [0.1, 0.15) is 16.6 Å². The molecule has 0 bridgehead atoms. The summed E-state index contributed by atoms with van der Waals surface area (Å²) in [5, 5.41) is 0.817. The molecule has 1 atom stereocenters. The van der Waals surface area contributed by atoms with Gasteiger partial charge in [-0.2, -0.15) is 0 Å². The normalized spacial score (nSPS) is 12.4. The van der Waals surface area contributed by atoms with Gasteiger partial charge in [-0.15, -0.1) is 11.6 Å². The maximum absolute atomic E-state index is 6.33. The quantitative estimate of drug-likeness (QED) is 0.731. The van der Waals surface area contributed by atoms with Gasteiger partial charge in [-0.25, -0.2) is 0 Å². The number of alkyl halides is 1. The average Bonchev–Trinajstić information content (AvgIpc) is 2.34. The summed E-state index contributed by atoms with van der Waals surface area (Å²) in [5.41, 5.74) is 1.77. The number of pyridine rings is 1. The smallest absolute Gasteiger partial charge is 0.0655 e. The van der Waals surface area contributed by atoms with Gasteiger partial charge in [0, 0.05) is 18.3 Å². The minimum absolute atomic E-state index is 0.226. The molecule has 0 saturated heterocycles. The number of hydrogen-bond donors (Lipinski definition) is 0. The summed E-state index contributed by atoms with van der Waals surface area (Å²) in [6, 6.07) is 11.2. The molecule has 2 aromatic rings. The molecule has 17 heavy (non-hydrogen) atoms. The van der Waals surface area contributed by atoms with Crippen LogP contribution in [-0.4, -0.2) is 4.98 Å². The Morgan fingerprint density at radius 2 is 1.88 bits per heavy atom. The highest BCUT2D eigenvalue weighted by atomic mass is 35.5. The summed E-state index contributed by atoms with van der Waals surface area (Å²) < 4.78 is 0. The molecule has 0 aliphatic carbocycles. The Bertz CT molecular complexity index is 499. The first kappa shape index (κ1) is 12.7. The zero-order valence-electron chi connectivity index (χ0n) is 8.91. The van der Waals surface area contributed by atoms with Gasteiger partial charge >= 0.3 is 0 Å². The molecular formula is C13H10Cl3N. The van der Waals surface area contributed by atoms with Crippen LogP contribution in [0, 0.1) is 0 Å². The van der Waals surface area contributed by atoms with E-state index in [9.17, 15) is 0 Å². The first-order valence-electron chi connectivity index (χ1n) is 5.16. The van der Waals surface area contributed by atoms with Crippen LogP contribution in [0.3, 0.4) is 0 Å². The molecule has 0 radical (unpaired) electrons. The van der Waals surface area contributed by atoms with Crippen LogP contribution in [-0.2, 0) is 6.42 Å². The number of aromatic nitrogens is 1. The van der Waals surface area contributed by atoms with Gasteiger partial charge < -0.3 is 0 Å². The largest absolute Gasteiger partial charge is 0.261 e. The summed E-state index contributed by atoms with van der Waals surface area (Å²) >= 11 is 18.4. The van der Waals surface area contributed by atoms with Crippen LogP contribution in [0.15, 0.2) is 42.6 Å². The number of hydrogen-bond acceptors (Lipinski definition) is 1. The highest BCUT2D eigenvalue weighted by Crippen LogP contribution is 2.34. The lowest BCUT2D eigenvalue weighted by Gasteiger charge is -2.12. The van der Waals surface area contributed by atoms with Gasteiger partial charge in [0.1, 0.15) is 0 Å². The van der Waals surface area contributed by atoms with Crippen LogP contribution in [0.4, 0.5) is 0 Å². The van der Waals surface area contributed by atoms with Crippen LogP contribution >= 0.6 is 34.8 Å². The minimum atomic E-state index is -0.226. The van der Waals surface area contributed by atoms with Crippen molar-refractivity contribution >= 4 is 34.8 Å². The van der Waals surface area contributed by atoms with Gasteiger partial charge in [-0.1, -0.05) is 41.4 Å². The Morgan fingerprint density at radius 3 is 2.59 bits per heavy atom. The molecule has 0 fully saturated rings. The molecule has 0 amide bonds. The van der Waals surface area contributed by atoms with Gasteiger partial charge in [0.25, 0.3) is 0 Å². The lowest BCUT2D eigenvalue weighted by Crippen LogP contribution is -1.98. The van der Waals surface area contributed by atoms with Gasteiger partial charge in [0.2, 0.25) is 0 Å². The molecule has 1 nitrogen and oxygen atoms in total. The third-order valence-electron chi connectivity index (χ3n) is 2.43. The van der Waals surface area contributed by atoms with Gasteiger partial charge in [-0.05, 0) is 23.8 Å². The fraction of sp³-hybridized carbons (Fsp3) is 0.154. The van der Waals surface area contributed by atoms with Crippen molar-refractivity contribution in [1.82, 2.24) is 4.98 Å². The number of nitrogens with zero attached hydrogens (tertiary/aromatic N) is 1. The molecule has 4 heteroatoms. The zero-order valence-corrected chi connectivity index (χ0v) is 11.2. The summed E-state index contributed by atoms with van der Waals surface area (Å²) in [6.45, 7) is 0. The van der Waals surface area contributed by atoms with Crippen LogP contribution in [0.25, 0.3) is 0 Å². The van der Waals surface area contributed by atoms with E-state index in [0.717, 1.165) is 11.3 Å². The van der Waals surface area contributed by atoms with Crippen molar-refractivity contribution in [3.05, 3.63) is 63.9 Å². The number of rotatable bonds is 3. The molecule has 2 rings (SSSR count). The van der Waals surface area contributed by atoms with Crippen molar-refractivity contribution in [2.75, 3.05) is 0 Å². The SMILES string of the molecule is Clc1cccc(C(Cl)Cc2ccccn2)c1Cl. The fourth-order valence-corrected chi connectivity index (χ4v) is 2.41. The number of halogens is 3. The number of benzene rings is 1. The van der Waals surface area contributed by atoms with Crippen LogP contribution in [0.5, 0.6) is 0 Å².